The van der Waals surface area contributed by atoms with Gasteiger partial charge in [-0.15, -0.1) is 0 Å². The number of esters is 1. The van der Waals surface area contributed by atoms with Crippen molar-refractivity contribution in [2.24, 2.45) is 11.3 Å². The Bertz CT molecular complexity index is 386. The van der Waals surface area contributed by atoms with Gasteiger partial charge in [0, 0.05) is 13.1 Å². The smallest absolute Gasteiger partial charge is 0.410 e. The van der Waals surface area contributed by atoms with Gasteiger partial charge in [0.1, 0.15) is 5.60 Å². The van der Waals surface area contributed by atoms with Crippen molar-refractivity contribution >= 4 is 12.1 Å². The normalized spacial score (nSPS) is 23.1. The van der Waals surface area contributed by atoms with Gasteiger partial charge in [0.25, 0.3) is 0 Å². The third kappa shape index (κ3) is 4.35. The quantitative estimate of drug-likeness (QED) is 0.751. The third-order valence-corrected chi connectivity index (χ3v) is 3.96. The molecule has 1 unspecified atom stereocenters. The van der Waals surface area contributed by atoms with Crippen LogP contribution in [0.2, 0.25) is 0 Å². The van der Waals surface area contributed by atoms with Crippen LogP contribution in [0.1, 0.15) is 54.4 Å². The molecule has 0 aromatic carbocycles. The maximum absolute atomic E-state index is 12.4. The molecule has 1 saturated heterocycles. The molecule has 0 aliphatic carbocycles. The van der Waals surface area contributed by atoms with Crippen molar-refractivity contribution in [1.82, 2.24) is 4.90 Å². The molecule has 1 amide bonds. The van der Waals surface area contributed by atoms with Gasteiger partial charge in [0.15, 0.2) is 0 Å². The van der Waals surface area contributed by atoms with Gasteiger partial charge < -0.3 is 14.4 Å². The first kappa shape index (κ1) is 17.8. The number of rotatable bonds is 3. The average Bonchev–Trinajstić information content (AvgIpc) is 2.36. The molecule has 1 heterocycles. The van der Waals surface area contributed by atoms with E-state index < -0.39 is 11.0 Å². The van der Waals surface area contributed by atoms with Crippen molar-refractivity contribution in [2.45, 2.75) is 60.0 Å². The highest BCUT2D eigenvalue weighted by molar-refractivity contribution is 5.79. The van der Waals surface area contributed by atoms with E-state index in [1.165, 1.54) is 0 Å². The minimum absolute atomic E-state index is 0.113. The molecule has 1 rings (SSSR count). The molecule has 0 aromatic heterocycles. The second-order valence-corrected chi connectivity index (χ2v) is 7.04. The van der Waals surface area contributed by atoms with Gasteiger partial charge in [-0.25, -0.2) is 4.79 Å². The van der Waals surface area contributed by atoms with Crippen LogP contribution in [-0.2, 0) is 14.3 Å². The number of carbonyl (C=O) groups is 2. The van der Waals surface area contributed by atoms with Crippen LogP contribution in [0.15, 0.2) is 0 Å². The van der Waals surface area contributed by atoms with E-state index in [0.717, 1.165) is 12.8 Å². The van der Waals surface area contributed by atoms with Crippen LogP contribution in [0.4, 0.5) is 4.79 Å². The van der Waals surface area contributed by atoms with E-state index in [0.29, 0.717) is 19.7 Å². The number of piperidine rings is 1. The van der Waals surface area contributed by atoms with Crippen LogP contribution >= 0.6 is 0 Å². The Morgan fingerprint density at radius 2 is 1.90 bits per heavy atom. The molecule has 0 bridgehead atoms. The van der Waals surface area contributed by atoms with Gasteiger partial charge in [-0.3, -0.25) is 4.79 Å². The van der Waals surface area contributed by atoms with E-state index in [4.69, 9.17) is 9.47 Å². The van der Waals surface area contributed by atoms with E-state index in [1.54, 1.807) is 11.8 Å². The molecule has 5 heteroatoms. The molecule has 0 aromatic rings. The van der Waals surface area contributed by atoms with Crippen molar-refractivity contribution in [1.29, 1.82) is 0 Å². The Labute approximate surface area is 128 Å². The SMILES string of the molecule is CCOC(=O)C1(C(C)C)CCCN(C(=O)OC(C)(C)C)C1. The van der Waals surface area contributed by atoms with E-state index in [9.17, 15) is 9.59 Å². The fraction of sp³-hybridized carbons (Fsp3) is 0.875. The number of carbonyl (C=O) groups excluding carboxylic acids is 2. The molecule has 1 fully saturated rings. The van der Waals surface area contributed by atoms with Crippen molar-refractivity contribution < 1.29 is 19.1 Å². The first-order valence-electron chi connectivity index (χ1n) is 7.77. The fourth-order valence-corrected chi connectivity index (χ4v) is 2.71. The lowest BCUT2D eigenvalue weighted by atomic mass is 9.71. The highest BCUT2D eigenvalue weighted by atomic mass is 16.6. The summed E-state index contributed by atoms with van der Waals surface area (Å²) in [5, 5.41) is 0. The third-order valence-electron chi connectivity index (χ3n) is 3.96. The molecule has 1 aliphatic heterocycles. The average molecular weight is 299 g/mol. The van der Waals surface area contributed by atoms with E-state index in [1.807, 2.05) is 34.6 Å². The minimum atomic E-state index is -0.620. The number of hydrogen-bond acceptors (Lipinski definition) is 4. The Kier molecular flexibility index (Phi) is 5.65. The number of amides is 1. The summed E-state index contributed by atoms with van der Waals surface area (Å²) < 4.78 is 10.7. The zero-order chi connectivity index (χ0) is 16.3. The minimum Gasteiger partial charge on any atom is -0.466 e. The summed E-state index contributed by atoms with van der Waals surface area (Å²) in [5.41, 5.74) is -1.15. The Morgan fingerprint density at radius 3 is 2.38 bits per heavy atom. The molecule has 1 atom stereocenters. The molecule has 1 aliphatic rings. The molecular weight excluding hydrogens is 270 g/mol. The summed E-state index contributed by atoms with van der Waals surface area (Å²) in [6, 6.07) is 0. The van der Waals surface area contributed by atoms with Crippen molar-refractivity contribution in [3.63, 3.8) is 0 Å². The summed E-state index contributed by atoms with van der Waals surface area (Å²) in [7, 11) is 0. The van der Waals surface area contributed by atoms with Gasteiger partial charge in [-0.2, -0.15) is 0 Å². The van der Waals surface area contributed by atoms with Gasteiger partial charge in [0.05, 0.1) is 12.0 Å². The predicted molar refractivity (Wildman–Crippen MR) is 80.9 cm³/mol. The van der Waals surface area contributed by atoms with E-state index >= 15 is 0 Å². The molecule has 122 valence electrons. The summed E-state index contributed by atoms with van der Waals surface area (Å²) in [6.45, 7) is 12.7. The number of hydrogen-bond donors (Lipinski definition) is 0. The van der Waals surface area contributed by atoms with Crippen LogP contribution in [-0.4, -0.2) is 42.3 Å². The standard InChI is InChI=1S/C16H29NO4/c1-7-20-13(18)16(12(2)3)9-8-10-17(11-16)14(19)21-15(4,5)6/h12H,7-11H2,1-6H3. The van der Waals surface area contributed by atoms with Crippen molar-refractivity contribution in [2.75, 3.05) is 19.7 Å². The van der Waals surface area contributed by atoms with Crippen molar-refractivity contribution in [3.8, 4) is 0 Å². The zero-order valence-corrected chi connectivity index (χ0v) is 14.2. The van der Waals surface area contributed by atoms with Gasteiger partial charge in [0.2, 0.25) is 0 Å². The lowest BCUT2D eigenvalue weighted by Gasteiger charge is -2.43. The summed E-state index contributed by atoms with van der Waals surface area (Å²) in [6.07, 6.45) is 1.19. The summed E-state index contributed by atoms with van der Waals surface area (Å²) in [4.78, 5) is 26.3. The van der Waals surface area contributed by atoms with Gasteiger partial charge in [-0.05, 0) is 46.5 Å². The molecule has 0 saturated carbocycles. The maximum atomic E-state index is 12.4. The van der Waals surface area contributed by atoms with E-state index in [-0.39, 0.29) is 18.0 Å². The van der Waals surface area contributed by atoms with Crippen molar-refractivity contribution in [3.05, 3.63) is 0 Å². The Morgan fingerprint density at radius 1 is 1.29 bits per heavy atom. The lowest BCUT2D eigenvalue weighted by molar-refractivity contribution is -0.162. The van der Waals surface area contributed by atoms with Crippen LogP contribution in [0.25, 0.3) is 0 Å². The van der Waals surface area contributed by atoms with Crippen LogP contribution in [0.3, 0.4) is 0 Å². The first-order chi connectivity index (χ1) is 9.62. The zero-order valence-electron chi connectivity index (χ0n) is 14.2. The maximum Gasteiger partial charge on any atom is 0.410 e. The first-order valence-corrected chi connectivity index (χ1v) is 7.77. The highest BCUT2D eigenvalue weighted by Crippen LogP contribution is 2.39. The summed E-state index contributed by atoms with van der Waals surface area (Å²) in [5.74, 6) is -0.0879. The second kappa shape index (κ2) is 6.67. The monoisotopic (exact) mass is 299 g/mol. The Hall–Kier alpha value is -1.26. The van der Waals surface area contributed by atoms with Crippen LogP contribution in [0.5, 0.6) is 0 Å². The predicted octanol–water partition coefficient (Wildman–Crippen LogP) is 3.22. The Balaban J connectivity index is 2.89. The number of nitrogens with zero attached hydrogens (tertiary/aromatic N) is 1. The molecule has 21 heavy (non-hydrogen) atoms. The number of ether oxygens (including phenoxy) is 2. The van der Waals surface area contributed by atoms with Crippen LogP contribution in [0, 0.1) is 11.3 Å². The molecule has 5 nitrogen and oxygen atoms in total. The van der Waals surface area contributed by atoms with E-state index in [2.05, 4.69) is 0 Å². The largest absolute Gasteiger partial charge is 0.466 e. The molecule has 0 radical (unpaired) electrons. The molecule has 0 N–H and O–H groups in total. The fourth-order valence-electron chi connectivity index (χ4n) is 2.71. The lowest BCUT2D eigenvalue weighted by Crippen LogP contribution is -2.53. The summed E-state index contributed by atoms with van der Waals surface area (Å²) >= 11 is 0. The second-order valence-electron chi connectivity index (χ2n) is 7.04. The number of likely N-dealkylation sites (tertiary alicyclic amines) is 1. The topological polar surface area (TPSA) is 55.8 Å². The van der Waals surface area contributed by atoms with Gasteiger partial charge >= 0.3 is 12.1 Å². The molecular formula is C16H29NO4. The van der Waals surface area contributed by atoms with Gasteiger partial charge in [-0.1, -0.05) is 13.8 Å². The van der Waals surface area contributed by atoms with Crippen LogP contribution < -0.4 is 0 Å². The molecule has 0 spiro atoms. The highest BCUT2D eigenvalue weighted by Gasteiger charge is 2.47.